The first kappa shape index (κ1) is 32.8. The van der Waals surface area contributed by atoms with E-state index < -0.39 is 24.3 Å². The molecule has 16 heteroatoms. The minimum Gasteiger partial charge on any atom is -0.475 e. The molecule has 39 heavy (non-hydrogen) atoms. The van der Waals surface area contributed by atoms with Crippen molar-refractivity contribution in [2.75, 3.05) is 52.5 Å². The van der Waals surface area contributed by atoms with Gasteiger partial charge in [-0.3, -0.25) is 9.69 Å². The lowest BCUT2D eigenvalue weighted by Crippen LogP contribution is -2.44. The fourth-order valence-corrected chi connectivity index (χ4v) is 5.29. The molecule has 4 rings (SSSR count). The van der Waals surface area contributed by atoms with E-state index in [4.69, 9.17) is 24.5 Å². The number of piperidine rings is 1. The molecule has 0 aliphatic carbocycles. The molecule has 3 N–H and O–H groups in total. The minimum absolute atomic E-state index is 0.235. The van der Waals surface area contributed by atoms with Gasteiger partial charge in [0.15, 0.2) is 0 Å². The van der Waals surface area contributed by atoms with E-state index in [9.17, 15) is 31.1 Å². The minimum atomic E-state index is -5.08. The maximum Gasteiger partial charge on any atom is 0.490 e. The van der Waals surface area contributed by atoms with E-state index in [1.165, 1.54) is 24.3 Å². The van der Waals surface area contributed by atoms with Gasteiger partial charge in [-0.1, -0.05) is 0 Å². The van der Waals surface area contributed by atoms with Crippen molar-refractivity contribution < 1.29 is 55.7 Å². The predicted octanol–water partition coefficient (Wildman–Crippen LogP) is 3.62. The predicted molar refractivity (Wildman–Crippen MR) is 128 cm³/mol. The third kappa shape index (κ3) is 11.3. The Morgan fingerprint density at radius 3 is 1.92 bits per heavy atom. The fraction of sp³-hybridized carbons (Fsp3) is 0.696. The van der Waals surface area contributed by atoms with Crippen LogP contribution in [0.1, 0.15) is 46.3 Å². The van der Waals surface area contributed by atoms with E-state index >= 15 is 0 Å². The SMILES string of the molecule is O=C(O)C(F)(F)F.O=C(O)C(F)(F)F.O=C(c1ccc(C2CCCN2)s1)N1CCC(CN2CCOCC2)CC1. The van der Waals surface area contributed by atoms with E-state index in [1.54, 1.807) is 11.3 Å². The molecular formula is C23H31F6N3O6S. The number of hydrogen-bond donors (Lipinski definition) is 3. The number of nitrogens with one attached hydrogen (secondary N) is 1. The van der Waals surface area contributed by atoms with Crippen molar-refractivity contribution in [2.24, 2.45) is 5.92 Å². The standard InChI is InChI=1S/C19H29N3O2S.2C2HF3O2/c23-19(18-4-3-17(25-18)16-2-1-7-20-16)22-8-5-15(6-9-22)14-21-10-12-24-13-11-21;2*3-2(4,5)1(6)7/h3-4,15-16,20H,1-2,5-14H2;2*(H,6,7). The average molecular weight is 592 g/mol. The highest BCUT2D eigenvalue weighted by Crippen LogP contribution is 2.30. The maximum atomic E-state index is 12.8. The largest absolute Gasteiger partial charge is 0.490 e. The van der Waals surface area contributed by atoms with Gasteiger partial charge in [0.25, 0.3) is 5.91 Å². The molecule has 9 nitrogen and oxygen atoms in total. The van der Waals surface area contributed by atoms with Gasteiger partial charge in [0.1, 0.15) is 0 Å². The van der Waals surface area contributed by atoms with E-state index in [0.29, 0.717) is 6.04 Å². The van der Waals surface area contributed by atoms with Gasteiger partial charge >= 0.3 is 24.3 Å². The number of ether oxygens (including phenoxy) is 1. The number of aliphatic carboxylic acids is 2. The first-order valence-corrected chi connectivity index (χ1v) is 13.0. The summed E-state index contributed by atoms with van der Waals surface area (Å²) in [5.74, 6) is -4.55. The first-order chi connectivity index (χ1) is 18.2. The molecule has 0 spiro atoms. The molecule has 0 aromatic carbocycles. The summed E-state index contributed by atoms with van der Waals surface area (Å²) in [6.07, 6.45) is -5.47. The number of halogens is 6. The Labute approximate surface area is 224 Å². The van der Waals surface area contributed by atoms with Crippen LogP contribution in [-0.2, 0) is 14.3 Å². The van der Waals surface area contributed by atoms with Crippen LogP contribution in [0, 0.1) is 5.92 Å². The van der Waals surface area contributed by atoms with Crippen LogP contribution < -0.4 is 5.32 Å². The second kappa shape index (κ2) is 14.8. The number of carboxylic acids is 2. The number of hydrogen-bond acceptors (Lipinski definition) is 7. The van der Waals surface area contributed by atoms with Gasteiger partial charge in [0.2, 0.25) is 0 Å². The normalized spacial score (nSPS) is 20.9. The van der Waals surface area contributed by atoms with Crippen molar-refractivity contribution in [1.82, 2.24) is 15.1 Å². The first-order valence-electron chi connectivity index (χ1n) is 12.2. The Morgan fingerprint density at radius 1 is 0.923 bits per heavy atom. The Morgan fingerprint density at radius 2 is 1.46 bits per heavy atom. The second-order valence-corrected chi connectivity index (χ2v) is 10.2. The summed E-state index contributed by atoms with van der Waals surface area (Å²) in [6.45, 7) is 7.94. The molecule has 0 bridgehead atoms. The number of carbonyl (C=O) groups is 3. The molecule has 1 amide bonds. The molecule has 1 aromatic heterocycles. The fourth-order valence-electron chi connectivity index (χ4n) is 4.21. The van der Waals surface area contributed by atoms with Crippen LogP contribution in [0.5, 0.6) is 0 Å². The van der Waals surface area contributed by atoms with Crippen LogP contribution in [0.4, 0.5) is 26.3 Å². The zero-order chi connectivity index (χ0) is 29.2. The molecule has 3 aliphatic rings. The quantitative estimate of drug-likeness (QED) is 0.455. The van der Waals surface area contributed by atoms with Gasteiger partial charge < -0.3 is 25.2 Å². The number of alkyl halides is 6. The number of carbonyl (C=O) groups excluding carboxylic acids is 1. The van der Waals surface area contributed by atoms with Crippen molar-refractivity contribution in [3.05, 3.63) is 21.9 Å². The van der Waals surface area contributed by atoms with Crippen LogP contribution >= 0.6 is 11.3 Å². The van der Waals surface area contributed by atoms with Crippen molar-refractivity contribution in [1.29, 1.82) is 0 Å². The van der Waals surface area contributed by atoms with E-state index in [-0.39, 0.29) is 5.91 Å². The maximum absolute atomic E-state index is 12.8. The molecule has 1 aromatic rings. The van der Waals surface area contributed by atoms with E-state index in [1.807, 2.05) is 6.07 Å². The molecule has 1 unspecified atom stereocenters. The Hall–Kier alpha value is -2.43. The molecule has 4 heterocycles. The third-order valence-electron chi connectivity index (χ3n) is 6.25. The summed E-state index contributed by atoms with van der Waals surface area (Å²) in [4.78, 5) is 37.4. The Balaban J connectivity index is 0.000000317. The van der Waals surface area contributed by atoms with Crippen molar-refractivity contribution in [3.63, 3.8) is 0 Å². The molecule has 1 atom stereocenters. The molecule has 0 radical (unpaired) electrons. The van der Waals surface area contributed by atoms with Gasteiger partial charge in [0, 0.05) is 43.6 Å². The summed E-state index contributed by atoms with van der Waals surface area (Å²) in [6, 6.07) is 4.64. The summed E-state index contributed by atoms with van der Waals surface area (Å²) >= 11 is 1.69. The van der Waals surface area contributed by atoms with Crippen LogP contribution in [0.3, 0.4) is 0 Å². The van der Waals surface area contributed by atoms with Gasteiger partial charge in [0.05, 0.1) is 18.1 Å². The molecule has 3 fully saturated rings. The summed E-state index contributed by atoms with van der Waals surface area (Å²) in [5, 5.41) is 17.8. The van der Waals surface area contributed by atoms with Gasteiger partial charge in [-0.25, -0.2) is 9.59 Å². The lowest BCUT2D eigenvalue weighted by atomic mass is 9.96. The van der Waals surface area contributed by atoms with Crippen LogP contribution in [0.15, 0.2) is 12.1 Å². The smallest absolute Gasteiger partial charge is 0.475 e. The van der Waals surface area contributed by atoms with Crippen LogP contribution in [0.2, 0.25) is 0 Å². The van der Waals surface area contributed by atoms with Gasteiger partial charge in [-0.15, -0.1) is 11.3 Å². The van der Waals surface area contributed by atoms with Crippen LogP contribution in [-0.4, -0.2) is 103 Å². The lowest BCUT2D eigenvalue weighted by Gasteiger charge is -2.36. The number of likely N-dealkylation sites (tertiary alicyclic amines) is 1. The van der Waals surface area contributed by atoms with Crippen molar-refractivity contribution in [3.8, 4) is 0 Å². The topological polar surface area (TPSA) is 119 Å². The highest BCUT2D eigenvalue weighted by atomic mass is 32.1. The number of morpholine rings is 1. The number of rotatable bonds is 4. The van der Waals surface area contributed by atoms with E-state index in [0.717, 1.165) is 69.6 Å². The van der Waals surface area contributed by atoms with Crippen molar-refractivity contribution in [2.45, 2.75) is 44.1 Å². The third-order valence-corrected chi connectivity index (χ3v) is 7.44. The number of thiophene rings is 1. The number of carboxylic acid groups (broad SMARTS) is 2. The van der Waals surface area contributed by atoms with E-state index in [2.05, 4.69) is 21.2 Å². The molecule has 3 aliphatic heterocycles. The molecule has 3 saturated heterocycles. The van der Waals surface area contributed by atoms with Gasteiger partial charge in [-0.2, -0.15) is 26.3 Å². The average Bonchev–Trinajstić information content (AvgIpc) is 3.57. The number of nitrogens with zero attached hydrogens (tertiary/aromatic N) is 2. The molecular weight excluding hydrogens is 560 g/mol. The second-order valence-electron chi connectivity index (χ2n) is 9.11. The zero-order valence-electron chi connectivity index (χ0n) is 20.9. The van der Waals surface area contributed by atoms with Crippen LogP contribution in [0.25, 0.3) is 0 Å². The monoisotopic (exact) mass is 591 g/mol. The Bertz CT molecular complexity index is 914. The number of amides is 1. The summed E-state index contributed by atoms with van der Waals surface area (Å²) in [7, 11) is 0. The lowest BCUT2D eigenvalue weighted by molar-refractivity contribution is -0.193. The summed E-state index contributed by atoms with van der Waals surface area (Å²) in [5.41, 5.74) is 0. The Kier molecular flexibility index (Phi) is 12.5. The van der Waals surface area contributed by atoms with Gasteiger partial charge in [-0.05, 0) is 50.3 Å². The molecule has 222 valence electrons. The zero-order valence-corrected chi connectivity index (χ0v) is 21.7. The highest BCUT2D eigenvalue weighted by molar-refractivity contribution is 7.14. The summed E-state index contributed by atoms with van der Waals surface area (Å²) < 4.78 is 68.9. The highest BCUT2D eigenvalue weighted by Gasteiger charge is 2.39. The van der Waals surface area contributed by atoms with Crippen molar-refractivity contribution >= 4 is 29.2 Å². The molecule has 0 saturated carbocycles.